The zero-order chi connectivity index (χ0) is 13.3. The van der Waals surface area contributed by atoms with Gasteiger partial charge < -0.3 is 15.2 Å². The van der Waals surface area contributed by atoms with Crippen molar-refractivity contribution < 1.29 is 14.6 Å². The molecule has 18 heavy (non-hydrogen) atoms. The number of carbonyl (C=O) groups excluding carboxylic acids is 1. The van der Waals surface area contributed by atoms with Gasteiger partial charge in [0.1, 0.15) is 6.10 Å². The van der Waals surface area contributed by atoms with Gasteiger partial charge in [-0.2, -0.15) is 0 Å². The summed E-state index contributed by atoms with van der Waals surface area (Å²) in [5, 5.41) is 13.0. The first kappa shape index (κ1) is 13.8. The van der Waals surface area contributed by atoms with Crippen LogP contribution in [0.3, 0.4) is 0 Å². The Kier molecular flexibility index (Phi) is 3.97. The fraction of sp³-hybridized carbons (Fsp3) is 0.929. The van der Waals surface area contributed by atoms with E-state index in [0.717, 1.165) is 25.7 Å². The quantitative estimate of drug-likeness (QED) is 0.803. The molecule has 1 saturated carbocycles. The summed E-state index contributed by atoms with van der Waals surface area (Å²) in [6.07, 6.45) is 2.83. The Balaban J connectivity index is 1.96. The maximum Gasteiger partial charge on any atom is 0.228 e. The molecular formula is C14H25NO3. The van der Waals surface area contributed by atoms with Crippen LogP contribution in [0.5, 0.6) is 0 Å². The fourth-order valence-corrected chi connectivity index (χ4v) is 3.06. The lowest BCUT2D eigenvalue weighted by Gasteiger charge is -2.44. The van der Waals surface area contributed by atoms with Crippen molar-refractivity contribution in [2.75, 3.05) is 6.61 Å². The highest BCUT2D eigenvalue weighted by atomic mass is 16.5. The van der Waals surface area contributed by atoms with E-state index in [4.69, 9.17) is 4.74 Å². The number of aliphatic hydroxyl groups is 1. The van der Waals surface area contributed by atoms with Crippen molar-refractivity contribution in [2.24, 2.45) is 17.3 Å². The number of amides is 1. The van der Waals surface area contributed by atoms with Gasteiger partial charge in [-0.1, -0.05) is 27.2 Å². The minimum Gasteiger partial charge on any atom is -0.388 e. The average molecular weight is 255 g/mol. The predicted octanol–water partition coefficient (Wildman–Crippen LogP) is 1.67. The molecule has 1 heterocycles. The van der Waals surface area contributed by atoms with Crippen LogP contribution in [0.25, 0.3) is 0 Å². The molecule has 1 saturated heterocycles. The number of hydrogen-bond donors (Lipinski definition) is 2. The first-order valence-electron chi connectivity index (χ1n) is 7.12. The first-order chi connectivity index (χ1) is 8.51. The third-order valence-corrected chi connectivity index (χ3v) is 4.88. The summed E-state index contributed by atoms with van der Waals surface area (Å²) < 4.78 is 5.50. The smallest absolute Gasteiger partial charge is 0.228 e. The third kappa shape index (κ3) is 2.16. The van der Waals surface area contributed by atoms with E-state index in [-0.39, 0.29) is 17.2 Å². The molecule has 2 aliphatic rings. The molecule has 1 aliphatic heterocycles. The Morgan fingerprint density at radius 1 is 1.50 bits per heavy atom. The highest BCUT2D eigenvalue weighted by Crippen LogP contribution is 2.47. The Morgan fingerprint density at radius 3 is 2.56 bits per heavy atom. The van der Waals surface area contributed by atoms with Crippen molar-refractivity contribution in [3.8, 4) is 0 Å². The zero-order valence-corrected chi connectivity index (χ0v) is 11.6. The van der Waals surface area contributed by atoms with Gasteiger partial charge in [-0.15, -0.1) is 0 Å². The van der Waals surface area contributed by atoms with Crippen molar-refractivity contribution in [2.45, 2.75) is 58.8 Å². The molecular weight excluding hydrogens is 230 g/mol. The van der Waals surface area contributed by atoms with E-state index in [0.29, 0.717) is 12.5 Å². The monoisotopic (exact) mass is 255 g/mol. The van der Waals surface area contributed by atoms with Crippen LogP contribution in [-0.2, 0) is 9.53 Å². The molecule has 1 aliphatic carbocycles. The molecule has 1 amide bonds. The topological polar surface area (TPSA) is 58.6 Å². The van der Waals surface area contributed by atoms with Crippen LogP contribution in [-0.4, -0.2) is 30.0 Å². The zero-order valence-electron chi connectivity index (χ0n) is 11.6. The predicted molar refractivity (Wildman–Crippen MR) is 68.8 cm³/mol. The van der Waals surface area contributed by atoms with E-state index in [2.05, 4.69) is 19.2 Å². The summed E-state index contributed by atoms with van der Waals surface area (Å²) in [6, 6.07) is 0. The standard InChI is InChI=1S/C14H25NO3/c1-4-10-8-18-12(11(10)16)15-13(17)14(9(2)3)6-5-7-14/h9-12,16H,4-8H2,1-3H3,(H,15,17). The minimum atomic E-state index is -0.566. The van der Waals surface area contributed by atoms with Gasteiger partial charge in [0, 0.05) is 5.92 Å². The Bertz CT molecular complexity index is 312. The number of ether oxygens (including phenoxy) is 1. The summed E-state index contributed by atoms with van der Waals surface area (Å²) in [7, 11) is 0. The van der Waals surface area contributed by atoms with Gasteiger partial charge in [-0.05, 0) is 25.2 Å². The molecule has 3 unspecified atom stereocenters. The highest BCUT2D eigenvalue weighted by Gasteiger charge is 2.48. The third-order valence-electron chi connectivity index (χ3n) is 4.88. The largest absolute Gasteiger partial charge is 0.388 e. The first-order valence-corrected chi connectivity index (χ1v) is 7.12. The van der Waals surface area contributed by atoms with Crippen LogP contribution in [0.2, 0.25) is 0 Å². The highest BCUT2D eigenvalue weighted by molar-refractivity contribution is 5.84. The molecule has 2 fully saturated rings. The molecule has 0 spiro atoms. The number of hydrogen-bond acceptors (Lipinski definition) is 3. The summed E-state index contributed by atoms with van der Waals surface area (Å²) in [5.41, 5.74) is -0.229. The molecule has 0 aromatic carbocycles. The maximum atomic E-state index is 12.4. The average Bonchev–Trinajstić information content (AvgIpc) is 2.57. The molecule has 0 aromatic heterocycles. The number of rotatable bonds is 4. The molecule has 2 rings (SSSR count). The van der Waals surface area contributed by atoms with Crippen LogP contribution >= 0.6 is 0 Å². The van der Waals surface area contributed by atoms with Crippen LogP contribution in [0.15, 0.2) is 0 Å². The number of aliphatic hydroxyl groups excluding tert-OH is 1. The summed E-state index contributed by atoms with van der Waals surface area (Å²) in [5.74, 6) is 0.544. The van der Waals surface area contributed by atoms with E-state index < -0.39 is 12.3 Å². The lowest BCUT2D eigenvalue weighted by molar-refractivity contribution is -0.145. The number of carbonyl (C=O) groups is 1. The van der Waals surface area contributed by atoms with E-state index in [1.54, 1.807) is 0 Å². The van der Waals surface area contributed by atoms with E-state index in [1.807, 2.05) is 6.92 Å². The van der Waals surface area contributed by atoms with E-state index in [1.165, 1.54) is 0 Å². The van der Waals surface area contributed by atoms with Crippen LogP contribution in [0, 0.1) is 17.3 Å². The molecule has 0 bridgehead atoms. The van der Waals surface area contributed by atoms with Crippen molar-refractivity contribution in [3.63, 3.8) is 0 Å². The summed E-state index contributed by atoms with van der Waals surface area (Å²) >= 11 is 0. The van der Waals surface area contributed by atoms with E-state index in [9.17, 15) is 9.90 Å². The van der Waals surface area contributed by atoms with Gasteiger partial charge in [0.05, 0.1) is 12.0 Å². The van der Waals surface area contributed by atoms with Gasteiger partial charge >= 0.3 is 0 Å². The van der Waals surface area contributed by atoms with Crippen LogP contribution in [0.4, 0.5) is 0 Å². The van der Waals surface area contributed by atoms with Gasteiger partial charge in [0.15, 0.2) is 6.23 Å². The Labute approximate surface area is 109 Å². The second-order valence-electron chi connectivity index (χ2n) is 6.05. The van der Waals surface area contributed by atoms with Crippen molar-refractivity contribution in [3.05, 3.63) is 0 Å². The molecule has 104 valence electrons. The Hall–Kier alpha value is -0.610. The second-order valence-corrected chi connectivity index (χ2v) is 6.05. The second kappa shape index (κ2) is 5.17. The summed E-state index contributed by atoms with van der Waals surface area (Å²) in [4.78, 5) is 12.4. The SMILES string of the molecule is CCC1COC(NC(=O)C2(C(C)C)CCC2)C1O. The van der Waals surface area contributed by atoms with Crippen molar-refractivity contribution in [1.29, 1.82) is 0 Å². The normalized spacial score (nSPS) is 34.4. The molecule has 0 aromatic rings. The van der Waals surface area contributed by atoms with Gasteiger partial charge in [-0.25, -0.2) is 0 Å². The maximum absolute atomic E-state index is 12.4. The van der Waals surface area contributed by atoms with Crippen molar-refractivity contribution in [1.82, 2.24) is 5.32 Å². The van der Waals surface area contributed by atoms with Crippen LogP contribution in [0.1, 0.15) is 46.5 Å². The van der Waals surface area contributed by atoms with Crippen molar-refractivity contribution >= 4 is 5.91 Å². The van der Waals surface area contributed by atoms with Gasteiger partial charge in [-0.3, -0.25) is 4.79 Å². The molecule has 2 N–H and O–H groups in total. The molecule has 3 atom stereocenters. The Morgan fingerprint density at radius 2 is 2.17 bits per heavy atom. The van der Waals surface area contributed by atoms with Gasteiger partial charge in [0.2, 0.25) is 5.91 Å². The lowest BCUT2D eigenvalue weighted by Crippen LogP contribution is -2.54. The summed E-state index contributed by atoms with van der Waals surface area (Å²) in [6.45, 7) is 6.76. The van der Waals surface area contributed by atoms with Crippen LogP contribution < -0.4 is 5.32 Å². The lowest BCUT2D eigenvalue weighted by atomic mass is 9.61. The molecule has 4 heteroatoms. The van der Waals surface area contributed by atoms with Gasteiger partial charge in [0.25, 0.3) is 0 Å². The van der Waals surface area contributed by atoms with E-state index >= 15 is 0 Å². The number of nitrogens with one attached hydrogen (secondary N) is 1. The molecule has 4 nitrogen and oxygen atoms in total. The fourth-order valence-electron chi connectivity index (χ4n) is 3.06. The molecule has 0 radical (unpaired) electrons. The minimum absolute atomic E-state index is 0.0598.